The molecule has 0 saturated heterocycles. The van der Waals surface area contributed by atoms with Crippen LogP contribution in [-0.2, 0) is 24.4 Å². The van der Waals surface area contributed by atoms with Gasteiger partial charge < -0.3 is 11.1 Å². The molecule has 0 saturated carbocycles. The molecular formula is C6H16N2O6S2. The Bertz CT molecular complexity index is 376. The summed E-state index contributed by atoms with van der Waals surface area (Å²) in [5, 5.41) is 2.79. The summed E-state index contributed by atoms with van der Waals surface area (Å²) in [5.74, 6) is -0.598. The standard InChI is InChI=1S/C6H16N2O6S2/c7-1-2-8-3-5-15(9,10)6-4-14-16(11,12)13/h8H,1-7H2,(H,11,12,13). The van der Waals surface area contributed by atoms with Crippen molar-refractivity contribution in [3.8, 4) is 0 Å². The molecular weight excluding hydrogens is 260 g/mol. The maximum atomic E-state index is 11.3. The van der Waals surface area contributed by atoms with Gasteiger partial charge in [0.15, 0.2) is 9.84 Å². The number of hydrogen-bond donors (Lipinski definition) is 3. The molecule has 0 rings (SSSR count). The van der Waals surface area contributed by atoms with Crippen molar-refractivity contribution >= 4 is 20.2 Å². The van der Waals surface area contributed by atoms with E-state index in [0.29, 0.717) is 13.1 Å². The lowest BCUT2D eigenvalue weighted by Crippen LogP contribution is -2.29. The number of hydrogen-bond acceptors (Lipinski definition) is 7. The van der Waals surface area contributed by atoms with E-state index < -0.39 is 32.6 Å². The molecule has 0 amide bonds. The topological polar surface area (TPSA) is 136 Å². The van der Waals surface area contributed by atoms with Gasteiger partial charge in [-0.3, -0.25) is 4.55 Å². The first-order valence-electron chi connectivity index (χ1n) is 4.50. The normalized spacial score (nSPS) is 12.9. The molecule has 0 aliphatic rings. The van der Waals surface area contributed by atoms with Gasteiger partial charge in [0.25, 0.3) is 0 Å². The molecule has 4 N–H and O–H groups in total. The van der Waals surface area contributed by atoms with E-state index in [1.807, 2.05) is 0 Å². The van der Waals surface area contributed by atoms with Crippen LogP contribution < -0.4 is 11.1 Å². The Morgan fingerprint density at radius 3 is 2.25 bits per heavy atom. The Morgan fingerprint density at radius 2 is 1.75 bits per heavy atom. The average Bonchev–Trinajstić information content (AvgIpc) is 2.10. The van der Waals surface area contributed by atoms with Crippen LogP contribution in [0.2, 0.25) is 0 Å². The Hall–Kier alpha value is -0.260. The third-order valence-corrected chi connectivity index (χ3v) is 3.62. The zero-order valence-corrected chi connectivity index (χ0v) is 10.3. The third kappa shape index (κ3) is 10.3. The van der Waals surface area contributed by atoms with E-state index >= 15 is 0 Å². The van der Waals surface area contributed by atoms with Gasteiger partial charge >= 0.3 is 10.4 Å². The Labute approximate surface area is 95.0 Å². The second-order valence-electron chi connectivity index (χ2n) is 2.94. The van der Waals surface area contributed by atoms with E-state index in [1.165, 1.54) is 0 Å². The quantitative estimate of drug-likeness (QED) is 0.318. The van der Waals surface area contributed by atoms with Crippen LogP contribution in [0.15, 0.2) is 0 Å². The van der Waals surface area contributed by atoms with Crippen molar-refractivity contribution in [1.29, 1.82) is 0 Å². The number of sulfone groups is 1. The lowest BCUT2D eigenvalue weighted by Gasteiger charge is -2.04. The van der Waals surface area contributed by atoms with Crippen molar-refractivity contribution in [2.45, 2.75) is 0 Å². The SMILES string of the molecule is NCCNCCS(=O)(=O)CCOS(=O)(=O)O. The van der Waals surface area contributed by atoms with Gasteiger partial charge in [-0.05, 0) is 0 Å². The lowest BCUT2D eigenvalue weighted by atomic mass is 10.6. The minimum atomic E-state index is -4.57. The monoisotopic (exact) mass is 276 g/mol. The molecule has 0 heterocycles. The van der Waals surface area contributed by atoms with Crippen LogP contribution >= 0.6 is 0 Å². The molecule has 10 heteroatoms. The van der Waals surface area contributed by atoms with E-state index in [0.717, 1.165) is 0 Å². The summed E-state index contributed by atoms with van der Waals surface area (Å²) in [4.78, 5) is 0. The van der Waals surface area contributed by atoms with Crippen LogP contribution in [0, 0.1) is 0 Å². The van der Waals surface area contributed by atoms with Crippen LogP contribution in [0.4, 0.5) is 0 Å². The van der Waals surface area contributed by atoms with Gasteiger partial charge in [0.1, 0.15) is 0 Å². The van der Waals surface area contributed by atoms with Crippen LogP contribution in [0.1, 0.15) is 0 Å². The summed E-state index contributed by atoms with van der Waals surface area (Å²) in [6.07, 6.45) is 0. The highest BCUT2D eigenvalue weighted by Gasteiger charge is 2.12. The van der Waals surface area contributed by atoms with Crippen LogP contribution in [0.25, 0.3) is 0 Å². The van der Waals surface area contributed by atoms with Crippen LogP contribution in [0.5, 0.6) is 0 Å². The summed E-state index contributed by atoms with van der Waals surface area (Å²) in [6, 6.07) is 0. The fourth-order valence-electron chi connectivity index (χ4n) is 0.823. The van der Waals surface area contributed by atoms with Crippen molar-refractivity contribution in [2.24, 2.45) is 5.73 Å². The summed E-state index contributed by atoms with van der Waals surface area (Å²) in [7, 11) is -7.96. The smallest absolute Gasteiger partial charge is 0.329 e. The van der Waals surface area contributed by atoms with Crippen molar-refractivity contribution in [3.63, 3.8) is 0 Å². The molecule has 0 aliphatic heterocycles. The molecule has 98 valence electrons. The minimum Gasteiger partial charge on any atom is -0.329 e. The van der Waals surface area contributed by atoms with Gasteiger partial charge in [-0.1, -0.05) is 0 Å². The zero-order valence-electron chi connectivity index (χ0n) is 8.62. The van der Waals surface area contributed by atoms with E-state index in [2.05, 4.69) is 9.50 Å². The van der Waals surface area contributed by atoms with Gasteiger partial charge in [0.2, 0.25) is 0 Å². The predicted octanol–water partition coefficient (Wildman–Crippen LogP) is -2.23. The minimum absolute atomic E-state index is 0.137. The van der Waals surface area contributed by atoms with Gasteiger partial charge in [-0.15, -0.1) is 0 Å². The second kappa shape index (κ2) is 7.14. The van der Waals surface area contributed by atoms with Gasteiger partial charge in [0.05, 0.1) is 18.1 Å². The summed E-state index contributed by atoms with van der Waals surface area (Å²) in [5.41, 5.74) is 5.18. The first-order chi connectivity index (χ1) is 7.27. The van der Waals surface area contributed by atoms with Gasteiger partial charge in [-0.2, -0.15) is 8.42 Å². The number of rotatable bonds is 9. The maximum absolute atomic E-state index is 11.3. The first-order valence-corrected chi connectivity index (χ1v) is 7.68. The molecule has 0 radical (unpaired) electrons. The molecule has 0 spiro atoms. The first kappa shape index (κ1) is 15.7. The highest BCUT2D eigenvalue weighted by Crippen LogP contribution is 1.93. The molecule has 16 heavy (non-hydrogen) atoms. The number of nitrogens with one attached hydrogen (secondary N) is 1. The summed E-state index contributed by atoms with van der Waals surface area (Å²) >= 11 is 0. The van der Waals surface area contributed by atoms with E-state index in [4.69, 9.17) is 10.3 Å². The van der Waals surface area contributed by atoms with Crippen molar-refractivity contribution < 1.29 is 25.6 Å². The van der Waals surface area contributed by atoms with Crippen molar-refractivity contribution in [2.75, 3.05) is 37.7 Å². The molecule has 0 aromatic rings. The second-order valence-corrected chi connectivity index (χ2v) is 6.34. The molecule has 0 bridgehead atoms. The summed E-state index contributed by atoms with van der Waals surface area (Å²) < 4.78 is 54.9. The highest BCUT2D eigenvalue weighted by atomic mass is 32.3. The molecule has 8 nitrogen and oxygen atoms in total. The lowest BCUT2D eigenvalue weighted by molar-refractivity contribution is 0.284. The van der Waals surface area contributed by atoms with Gasteiger partial charge in [-0.25, -0.2) is 12.6 Å². The van der Waals surface area contributed by atoms with Gasteiger partial charge in [0, 0.05) is 19.6 Å². The molecule has 0 aromatic carbocycles. The Kier molecular flexibility index (Phi) is 7.03. The zero-order chi connectivity index (χ0) is 12.7. The molecule has 0 atom stereocenters. The van der Waals surface area contributed by atoms with E-state index in [9.17, 15) is 16.8 Å². The molecule has 0 unspecified atom stereocenters. The largest absolute Gasteiger partial charge is 0.397 e. The van der Waals surface area contributed by atoms with Crippen molar-refractivity contribution in [1.82, 2.24) is 5.32 Å². The maximum Gasteiger partial charge on any atom is 0.397 e. The van der Waals surface area contributed by atoms with Crippen molar-refractivity contribution in [3.05, 3.63) is 0 Å². The van der Waals surface area contributed by atoms with Crippen LogP contribution in [-0.4, -0.2) is 59.1 Å². The number of nitrogens with two attached hydrogens (primary N) is 1. The average molecular weight is 276 g/mol. The molecule has 0 aromatic heterocycles. The Morgan fingerprint density at radius 1 is 1.12 bits per heavy atom. The summed E-state index contributed by atoms with van der Waals surface area (Å²) in [6.45, 7) is 0.576. The predicted molar refractivity (Wildman–Crippen MR) is 58.1 cm³/mol. The molecule has 0 fully saturated rings. The Balaban J connectivity index is 3.80. The third-order valence-electron chi connectivity index (χ3n) is 1.54. The highest BCUT2D eigenvalue weighted by molar-refractivity contribution is 7.91. The van der Waals surface area contributed by atoms with E-state index in [-0.39, 0.29) is 12.3 Å². The van der Waals surface area contributed by atoms with Crippen LogP contribution in [0.3, 0.4) is 0 Å². The van der Waals surface area contributed by atoms with E-state index in [1.54, 1.807) is 0 Å². The fourth-order valence-corrected chi connectivity index (χ4v) is 2.22. The molecule has 0 aliphatic carbocycles. The fraction of sp³-hybridized carbons (Fsp3) is 1.00.